The van der Waals surface area contributed by atoms with Crippen LogP contribution in [-0.4, -0.2) is 37.2 Å². The van der Waals surface area contributed by atoms with Gasteiger partial charge in [-0.05, 0) is 5.92 Å². The normalized spacial score (nSPS) is 29.3. The van der Waals surface area contributed by atoms with Gasteiger partial charge in [-0.25, -0.2) is 8.42 Å². The Balaban J connectivity index is 2.50. The molecule has 1 N–H and O–H groups in total. The van der Waals surface area contributed by atoms with Crippen molar-refractivity contribution in [1.29, 1.82) is 0 Å². The first-order valence-corrected chi connectivity index (χ1v) is 7.20. The minimum atomic E-state index is -3.07. The van der Waals surface area contributed by atoms with Crippen molar-refractivity contribution in [2.45, 2.75) is 31.7 Å². The summed E-state index contributed by atoms with van der Waals surface area (Å²) in [6.07, 6.45) is 0.403. The van der Waals surface area contributed by atoms with Crippen LogP contribution in [0.1, 0.15) is 20.3 Å². The third kappa shape index (κ3) is 3.99. The largest absolute Gasteiger partial charge is 0.351 e. The summed E-state index contributed by atoms with van der Waals surface area (Å²) in [5, 5.41) is 2.17. The molecule has 0 aromatic carbocycles. The Morgan fingerprint density at radius 3 is 2.47 bits per heavy atom. The second kappa shape index (κ2) is 4.70. The monoisotopic (exact) mass is 253 g/mol. The minimum absolute atomic E-state index is 0.0367. The van der Waals surface area contributed by atoms with E-state index in [0.29, 0.717) is 6.42 Å². The van der Waals surface area contributed by atoms with Gasteiger partial charge in [-0.1, -0.05) is 13.8 Å². The zero-order valence-electron chi connectivity index (χ0n) is 8.86. The Kier molecular flexibility index (Phi) is 4.00. The summed E-state index contributed by atoms with van der Waals surface area (Å²) in [7, 11) is -3.07. The summed E-state index contributed by atoms with van der Waals surface area (Å²) in [5.41, 5.74) is 0. The number of hydrogen-bond donors (Lipinski definition) is 1. The first-order chi connectivity index (χ1) is 6.80. The van der Waals surface area contributed by atoms with Gasteiger partial charge in [0.15, 0.2) is 9.84 Å². The predicted octanol–water partition coefficient (Wildman–Crippen LogP) is 0.553. The van der Waals surface area contributed by atoms with E-state index in [4.69, 9.17) is 11.6 Å². The molecule has 0 aliphatic carbocycles. The zero-order chi connectivity index (χ0) is 11.6. The Hall–Kier alpha value is -0.290. The molecule has 0 aromatic rings. The number of carbonyl (C=O) groups is 1. The topological polar surface area (TPSA) is 63.2 Å². The van der Waals surface area contributed by atoms with Crippen LogP contribution in [0, 0.1) is 5.92 Å². The molecule has 0 spiro atoms. The molecule has 1 saturated heterocycles. The van der Waals surface area contributed by atoms with Gasteiger partial charge >= 0.3 is 0 Å². The van der Waals surface area contributed by atoms with E-state index in [0.717, 1.165) is 0 Å². The number of hydrogen-bond acceptors (Lipinski definition) is 3. The maximum Gasteiger partial charge on any atom is 0.220 e. The van der Waals surface area contributed by atoms with E-state index in [9.17, 15) is 13.2 Å². The molecule has 0 unspecified atom stereocenters. The van der Waals surface area contributed by atoms with Crippen molar-refractivity contribution in [2.24, 2.45) is 5.92 Å². The Bertz CT molecular complexity index is 339. The van der Waals surface area contributed by atoms with Crippen LogP contribution in [0.25, 0.3) is 0 Å². The van der Waals surface area contributed by atoms with Gasteiger partial charge in [-0.2, -0.15) is 0 Å². The van der Waals surface area contributed by atoms with E-state index < -0.39 is 21.3 Å². The van der Waals surface area contributed by atoms with Gasteiger partial charge in [-0.3, -0.25) is 4.79 Å². The van der Waals surface area contributed by atoms with Crippen LogP contribution >= 0.6 is 11.6 Å². The second-order valence-corrected chi connectivity index (χ2v) is 7.08. The molecule has 1 fully saturated rings. The summed E-state index contributed by atoms with van der Waals surface area (Å²) >= 11 is 5.85. The summed E-state index contributed by atoms with van der Waals surface area (Å²) in [4.78, 5) is 11.4. The van der Waals surface area contributed by atoms with Crippen molar-refractivity contribution < 1.29 is 13.2 Å². The van der Waals surface area contributed by atoms with Crippen molar-refractivity contribution in [3.8, 4) is 0 Å². The molecule has 1 rings (SSSR count). The lowest BCUT2D eigenvalue weighted by Crippen LogP contribution is -2.41. The molecule has 1 heterocycles. The molecule has 4 nitrogen and oxygen atoms in total. The van der Waals surface area contributed by atoms with Crippen molar-refractivity contribution in [3.63, 3.8) is 0 Å². The molecular weight excluding hydrogens is 238 g/mol. The van der Waals surface area contributed by atoms with Crippen molar-refractivity contribution in [3.05, 3.63) is 0 Å². The Morgan fingerprint density at radius 2 is 2.07 bits per heavy atom. The van der Waals surface area contributed by atoms with Gasteiger partial charge in [0.05, 0.1) is 22.9 Å². The van der Waals surface area contributed by atoms with Crippen LogP contribution < -0.4 is 5.32 Å². The molecule has 1 aliphatic rings. The molecule has 1 amide bonds. The molecule has 15 heavy (non-hydrogen) atoms. The highest BCUT2D eigenvalue weighted by molar-refractivity contribution is 7.91. The van der Waals surface area contributed by atoms with Crippen LogP contribution in [0.4, 0.5) is 0 Å². The Labute approximate surface area is 95.3 Å². The number of halogens is 1. The van der Waals surface area contributed by atoms with Crippen LogP contribution in [0.3, 0.4) is 0 Å². The van der Waals surface area contributed by atoms with E-state index in [1.165, 1.54) is 0 Å². The summed E-state index contributed by atoms with van der Waals surface area (Å²) in [6.45, 7) is 3.87. The average Bonchev–Trinajstić information content (AvgIpc) is 2.22. The van der Waals surface area contributed by atoms with Gasteiger partial charge in [0.1, 0.15) is 0 Å². The molecule has 6 heteroatoms. The average molecular weight is 254 g/mol. The maximum atomic E-state index is 11.4. The third-order valence-electron chi connectivity index (χ3n) is 2.22. The van der Waals surface area contributed by atoms with Crippen LogP contribution in [0.2, 0.25) is 0 Å². The number of sulfone groups is 1. The van der Waals surface area contributed by atoms with Gasteiger partial charge in [0.25, 0.3) is 0 Å². The quantitative estimate of drug-likeness (QED) is 0.748. The van der Waals surface area contributed by atoms with E-state index in [1.54, 1.807) is 0 Å². The first kappa shape index (κ1) is 12.8. The van der Waals surface area contributed by atoms with Gasteiger partial charge in [-0.15, -0.1) is 11.6 Å². The van der Waals surface area contributed by atoms with Crippen molar-refractivity contribution >= 4 is 27.3 Å². The molecule has 2 atom stereocenters. The van der Waals surface area contributed by atoms with E-state index in [-0.39, 0.29) is 23.3 Å². The predicted molar refractivity (Wildman–Crippen MR) is 59.7 cm³/mol. The lowest BCUT2D eigenvalue weighted by Gasteiger charge is -2.15. The fraction of sp³-hybridized carbons (Fsp3) is 0.889. The molecule has 0 radical (unpaired) electrons. The number of amides is 1. The van der Waals surface area contributed by atoms with Crippen LogP contribution in [-0.2, 0) is 14.6 Å². The molecule has 0 saturated carbocycles. The smallest absolute Gasteiger partial charge is 0.220 e. The molecular formula is C9H16ClNO3S. The highest BCUT2D eigenvalue weighted by Gasteiger charge is 2.37. The molecule has 0 aromatic heterocycles. The highest BCUT2D eigenvalue weighted by Crippen LogP contribution is 2.18. The number of nitrogens with one attached hydrogen (secondary N) is 1. The first-order valence-electron chi connectivity index (χ1n) is 4.94. The Morgan fingerprint density at radius 1 is 1.47 bits per heavy atom. The number of alkyl halides is 1. The lowest BCUT2D eigenvalue weighted by atomic mass is 10.1. The van der Waals surface area contributed by atoms with E-state index >= 15 is 0 Å². The van der Waals surface area contributed by atoms with Gasteiger partial charge in [0, 0.05) is 6.42 Å². The fourth-order valence-electron chi connectivity index (χ4n) is 1.57. The number of rotatable bonds is 3. The molecule has 1 aliphatic heterocycles. The zero-order valence-corrected chi connectivity index (χ0v) is 10.4. The molecule has 88 valence electrons. The van der Waals surface area contributed by atoms with Crippen LogP contribution in [0.15, 0.2) is 0 Å². The van der Waals surface area contributed by atoms with Gasteiger partial charge in [0.2, 0.25) is 5.91 Å². The second-order valence-electron chi connectivity index (χ2n) is 4.36. The SMILES string of the molecule is CC(C)CC(=O)N[C@@H]1CS(=O)(=O)C[C@@H]1Cl. The van der Waals surface area contributed by atoms with Crippen molar-refractivity contribution in [1.82, 2.24) is 5.32 Å². The maximum absolute atomic E-state index is 11.4. The van der Waals surface area contributed by atoms with E-state index in [2.05, 4.69) is 5.32 Å². The summed E-state index contributed by atoms with van der Waals surface area (Å²) < 4.78 is 22.4. The standard InChI is InChI=1S/C9H16ClNO3S/c1-6(2)3-9(12)11-8-5-15(13,14)4-7(8)10/h6-8H,3-5H2,1-2H3,(H,11,12)/t7-,8+/m0/s1. The minimum Gasteiger partial charge on any atom is -0.351 e. The van der Waals surface area contributed by atoms with E-state index in [1.807, 2.05) is 13.8 Å². The third-order valence-corrected chi connectivity index (χ3v) is 4.60. The summed E-state index contributed by atoms with van der Waals surface area (Å²) in [5.74, 6) is 0.0566. The van der Waals surface area contributed by atoms with Crippen LogP contribution in [0.5, 0.6) is 0 Å². The highest BCUT2D eigenvalue weighted by atomic mass is 35.5. The summed E-state index contributed by atoms with van der Waals surface area (Å²) in [6, 6.07) is -0.428. The molecule has 0 bridgehead atoms. The van der Waals surface area contributed by atoms with Gasteiger partial charge < -0.3 is 5.32 Å². The lowest BCUT2D eigenvalue weighted by molar-refractivity contribution is -0.122. The fourth-order valence-corrected chi connectivity index (χ4v) is 4.12. The number of carbonyl (C=O) groups excluding carboxylic acids is 1. The van der Waals surface area contributed by atoms with Crippen molar-refractivity contribution in [2.75, 3.05) is 11.5 Å².